The van der Waals surface area contributed by atoms with Gasteiger partial charge in [0.1, 0.15) is 4.60 Å². The molecule has 1 amide bonds. The predicted octanol–water partition coefficient (Wildman–Crippen LogP) is 2.89. The molecule has 1 aromatic carbocycles. The lowest BCUT2D eigenvalue weighted by Crippen LogP contribution is -2.13. The second-order valence-corrected chi connectivity index (χ2v) is 7.25. The van der Waals surface area contributed by atoms with Gasteiger partial charge in [-0.2, -0.15) is 0 Å². The highest BCUT2D eigenvalue weighted by Gasteiger charge is 2.13. The Labute approximate surface area is 131 Å². The van der Waals surface area contributed by atoms with Crippen LogP contribution in [0.2, 0.25) is 0 Å². The van der Waals surface area contributed by atoms with E-state index in [1.165, 1.54) is 12.1 Å². The molecule has 0 saturated heterocycles. The number of rotatable bonds is 4. The zero-order valence-corrected chi connectivity index (χ0v) is 13.6. The van der Waals surface area contributed by atoms with Crippen molar-refractivity contribution in [1.82, 2.24) is 4.98 Å². The summed E-state index contributed by atoms with van der Waals surface area (Å²) < 4.78 is 23.8. The van der Waals surface area contributed by atoms with Crippen LogP contribution in [0.25, 0.3) is 0 Å². The Morgan fingerprint density at radius 2 is 1.90 bits per heavy atom. The largest absolute Gasteiger partial charge is 0.322 e. The molecule has 1 aromatic heterocycles. The first-order valence-electron chi connectivity index (χ1n) is 6.18. The van der Waals surface area contributed by atoms with E-state index in [9.17, 15) is 13.2 Å². The highest BCUT2D eigenvalue weighted by Crippen LogP contribution is 2.18. The maximum Gasteiger partial charge on any atom is 0.258 e. The van der Waals surface area contributed by atoms with E-state index in [2.05, 4.69) is 26.2 Å². The highest BCUT2D eigenvalue weighted by atomic mass is 79.9. The fourth-order valence-corrected chi connectivity index (χ4v) is 2.98. The molecule has 0 saturated carbocycles. The van der Waals surface area contributed by atoms with Gasteiger partial charge in [0.25, 0.3) is 5.91 Å². The number of aromatic nitrogens is 1. The summed E-state index contributed by atoms with van der Waals surface area (Å²) in [7, 11) is -3.23. The van der Waals surface area contributed by atoms with Gasteiger partial charge in [0, 0.05) is 11.9 Å². The van der Waals surface area contributed by atoms with E-state index in [1.807, 2.05) is 0 Å². The average Bonchev–Trinajstić information content (AvgIpc) is 2.48. The molecule has 110 valence electrons. The maximum absolute atomic E-state index is 12.1. The summed E-state index contributed by atoms with van der Waals surface area (Å²) >= 11 is 3.21. The van der Waals surface area contributed by atoms with Crippen LogP contribution in [0.3, 0.4) is 0 Å². The number of amides is 1. The summed E-state index contributed by atoms with van der Waals surface area (Å²) in [5.74, 6) is -0.275. The normalized spacial score (nSPS) is 11.1. The van der Waals surface area contributed by atoms with Crippen LogP contribution >= 0.6 is 15.9 Å². The smallest absolute Gasteiger partial charge is 0.258 e. The van der Waals surface area contributed by atoms with Crippen molar-refractivity contribution in [1.29, 1.82) is 0 Å². The van der Waals surface area contributed by atoms with Crippen LogP contribution in [0.5, 0.6) is 0 Å². The number of halogens is 1. The van der Waals surface area contributed by atoms with Gasteiger partial charge in [0.2, 0.25) is 0 Å². The Bertz CT molecular complexity index is 758. The first-order valence-corrected chi connectivity index (χ1v) is 8.63. The summed E-state index contributed by atoms with van der Waals surface area (Å²) in [5.41, 5.74) is 0.925. The lowest BCUT2D eigenvalue weighted by Gasteiger charge is -2.07. The Morgan fingerprint density at radius 1 is 1.24 bits per heavy atom. The minimum absolute atomic E-state index is 0.0430. The van der Waals surface area contributed by atoms with Crippen LogP contribution in [-0.4, -0.2) is 25.1 Å². The second kappa shape index (κ2) is 6.36. The molecule has 0 aliphatic heterocycles. The molecule has 2 rings (SSSR count). The van der Waals surface area contributed by atoms with Gasteiger partial charge in [-0.05, 0) is 52.3 Å². The van der Waals surface area contributed by atoms with Gasteiger partial charge < -0.3 is 5.32 Å². The molecule has 0 aliphatic carbocycles. The van der Waals surface area contributed by atoms with Crippen molar-refractivity contribution >= 4 is 37.4 Å². The summed E-state index contributed by atoms with van der Waals surface area (Å²) in [4.78, 5) is 16.3. The number of sulfone groups is 1. The number of nitrogens with one attached hydrogen (secondary N) is 1. The monoisotopic (exact) mass is 368 g/mol. The molecule has 0 radical (unpaired) electrons. The van der Waals surface area contributed by atoms with Crippen LogP contribution in [0.4, 0.5) is 5.69 Å². The van der Waals surface area contributed by atoms with E-state index in [0.29, 0.717) is 15.9 Å². The third kappa shape index (κ3) is 3.68. The Balaban J connectivity index is 2.18. The number of nitrogens with zero attached hydrogens (tertiary/aromatic N) is 1. The molecule has 0 bridgehead atoms. The van der Waals surface area contributed by atoms with Gasteiger partial charge in [-0.3, -0.25) is 4.79 Å². The van der Waals surface area contributed by atoms with Crippen molar-refractivity contribution in [2.24, 2.45) is 0 Å². The zero-order valence-electron chi connectivity index (χ0n) is 11.2. The zero-order chi connectivity index (χ0) is 15.5. The Morgan fingerprint density at radius 3 is 2.48 bits per heavy atom. The first kappa shape index (κ1) is 15.7. The molecule has 0 aliphatic rings. The Kier molecular flexibility index (Phi) is 4.74. The third-order valence-corrected chi connectivity index (χ3v) is 5.24. The van der Waals surface area contributed by atoms with Gasteiger partial charge in [0.05, 0.1) is 16.2 Å². The molecule has 0 fully saturated rings. The van der Waals surface area contributed by atoms with Crippen molar-refractivity contribution < 1.29 is 13.2 Å². The molecule has 0 spiro atoms. The Hall–Kier alpha value is -1.73. The lowest BCUT2D eigenvalue weighted by atomic mass is 10.2. The van der Waals surface area contributed by atoms with Crippen molar-refractivity contribution in [2.45, 2.75) is 11.8 Å². The number of benzene rings is 1. The van der Waals surface area contributed by atoms with E-state index in [0.717, 1.165) is 0 Å². The topological polar surface area (TPSA) is 76.1 Å². The van der Waals surface area contributed by atoms with Crippen LogP contribution in [0.15, 0.2) is 52.1 Å². The highest BCUT2D eigenvalue weighted by molar-refractivity contribution is 9.10. The lowest BCUT2D eigenvalue weighted by molar-refractivity contribution is 0.102. The number of pyridine rings is 1. The fraction of sp³-hybridized carbons (Fsp3) is 0.143. The quantitative estimate of drug-likeness (QED) is 0.841. The summed E-state index contributed by atoms with van der Waals surface area (Å²) in [5, 5.41) is 2.69. The predicted molar refractivity (Wildman–Crippen MR) is 84.1 cm³/mol. The SMILES string of the molecule is CCS(=O)(=O)c1ccc(NC(=O)c2cccnc2Br)cc1. The number of carbonyl (C=O) groups is 1. The van der Waals surface area contributed by atoms with E-state index >= 15 is 0 Å². The van der Waals surface area contributed by atoms with E-state index in [-0.39, 0.29) is 16.6 Å². The number of hydrogen-bond donors (Lipinski definition) is 1. The summed E-state index contributed by atoms with van der Waals surface area (Å²) in [6, 6.07) is 9.38. The van der Waals surface area contributed by atoms with Crippen molar-refractivity contribution in [3.63, 3.8) is 0 Å². The number of anilines is 1. The molecule has 5 nitrogen and oxygen atoms in total. The number of hydrogen-bond acceptors (Lipinski definition) is 4. The molecule has 1 N–H and O–H groups in total. The van der Waals surface area contributed by atoms with Gasteiger partial charge in [0.15, 0.2) is 9.84 Å². The molecule has 0 atom stereocenters. The van der Waals surface area contributed by atoms with Gasteiger partial charge in [-0.15, -0.1) is 0 Å². The van der Waals surface area contributed by atoms with Crippen molar-refractivity contribution in [3.8, 4) is 0 Å². The van der Waals surface area contributed by atoms with Crippen LogP contribution in [0.1, 0.15) is 17.3 Å². The van der Waals surface area contributed by atoms with Crippen LogP contribution < -0.4 is 5.32 Å². The van der Waals surface area contributed by atoms with Crippen LogP contribution in [0, 0.1) is 0 Å². The summed E-state index contributed by atoms with van der Waals surface area (Å²) in [6.07, 6.45) is 1.57. The minimum atomic E-state index is -3.23. The van der Waals surface area contributed by atoms with Crippen LogP contribution in [-0.2, 0) is 9.84 Å². The van der Waals surface area contributed by atoms with Gasteiger partial charge in [-0.25, -0.2) is 13.4 Å². The second-order valence-electron chi connectivity index (χ2n) is 4.22. The molecule has 1 heterocycles. The fourth-order valence-electron chi connectivity index (χ4n) is 1.67. The molecular formula is C14H13BrN2O3S. The molecule has 21 heavy (non-hydrogen) atoms. The van der Waals surface area contributed by atoms with E-state index < -0.39 is 9.84 Å². The summed E-state index contributed by atoms with van der Waals surface area (Å²) in [6.45, 7) is 1.59. The van der Waals surface area contributed by atoms with E-state index in [4.69, 9.17) is 0 Å². The van der Waals surface area contributed by atoms with E-state index in [1.54, 1.807) is 37.4 Å². The molecule has 2 aromatic rings. The average molecular weight is 369 g/mol. The molecule has 7 heteroatoms. The van der Waals surface area contributed by atoms with Crippen molar-refractivity contribution in [2.75, 3.05) is 11.1 Å². The first-order chi connectivity index (χ1) is 9.94. The number of carbonyl (C=O) groups excluding carboxylic acids is 1. The molecule has 0 unspecified atom stereocenters. The third-order valence-electron chi connectivity index (χ3n) is 2.86. The van der Waals surface area contributed by atoms with Gasteiger partial charge >= 0.3 is 0 Å². The van der Waals surface area contributed by atoms with Crippen molar-refractivity contribution in [3.05, 3.63) is 52.8 Å². The maximum atomic E-state index is 12.1. The standard InChI is InChI=1S/C14H13BrN2O3S/c1-2-21(19,20)11-7-5-10(6-8-11)17-14(18)12-4-3-9-16-13(12)15/h3-9H,2H2,1H3,(H,17,18). The van der Waals surface area contributed by atoms with Gasteiger partial charge in [-0.1, -0.05) is 6.92 Å². The minimum Gasteiger partial charge on any atom is -0.322 e. The molecular weight excluding hydrogens is 356 g/mol.